The number of nitriles is 1. The normalized spacial score (nSPS) is 12.1. The van der Waals surface area contributed by atoms with Crippen molar-refractivity contribution in [2.75, 3.05) is 18.8 Å². The Labute approximate surface area is 118 Å². The molecule has 3 N–H and O–H groups in total. The van der Waals surface area contributed by atoms with Crippen molar-refractivity contribution in [2.24, 2.45) is 5.92 Å². The topological polar surface area (TPSA) is 85.9 Å². The second kappa shape index (κ2) is 5.66. The summed E-state index contributed by atoms with van der Waals surface area (Å²) in [5.74, 6) is -0.293. The van der Waals surface area contributed by atoms with Crippen LogP contribution in [0.1, 0.15) is 24.3 Å². The second-order valence-electron chi connectivity index (χ2n) is 4.87. The van der Waals surface area contributed by atoms with Crippen molar-refractivity contribution >= 4 is 22.5 Å². The van der Waals surface area contributed by atoms with Gasteiger partial charge in [-0.25, -0.2) is 0 Å². The minimum Gasteiger partial charge on any atom is -0.397 e. The fraction of sp³-hybridized carbons (Fsp3) is 0.333. The van der Waals surface area contributed by atoms with E-state index < -0.39 is 0 Å². The smallest absolute Gasteiger partial charge is 0.270 e. The molecule has 2 rings (SSSR count). The van der Waals surface area contributed by atoms with E-state index in [1.807, 2.05) is 19.1 Å². The first-order valence-corrected chi connectivity index (χ1v) is 6.63. The second-order valence-corrected chi connectivity index (χ2v) is 4.87. The summed E-state index contributed by atoms with van der Waals surface area (Å²) in [6.45, 7) is 4.70. The number of benzene rings is 1. The van der Waals surface area contributed by atoms with Gasteiger partial charge in [-0.3, -0.25) is 4.79 Å². The Morgan fingerprint density at radius 1 is 1.55 bits per heavy atom. The van der Waals surface area contributed by atoms with Crippen LogP contribution in [0.5, 0.6) is 0 Å². The van der Waals surface area contributed by atoms with Crippen LogP contribution in [0.2, 0.25) is 0 Å². The minimum atomic E-state index is -0.187. The number of hydrogen-bond donors (Lipinski definition) is 2. The molecule has 1 unspecified atom stereocenters. The molecule has 0 aliphatic heterocycles. The van der Waals surface area contributed by atoms with Crippen molar-refractivity contribution in [3.8, 4) is 6.07 Å². The van der Waals surface area contributed by atoms with E-state index in [-0.39, 0.29) is 11.8 Å². The summed E-state index contributed by atoms with van der Waals surface area (Å²) in [5, 5.41) is 9.78. The molecule has 5 nitrogen and oxygen atoms in total. The van der Waals surface area contributed by atoms with Crippen LogP contribution >= 0.6 is 0 Å². The van der Waals surface area contributed by atoms with Gasteiger partial charge >= 0.3 is 0 Å². The predicted molar refractivity (Wildman–Crippen MR) is 79.1 cm³/mol. The van der Waals surface area contributed by atoms with Gasteiger partial charge in [0.25, 0.3) is 5.91 Å². The van der Waals surface area contributed by atoms with Gasteiger partial charge in [0.1, 0.15) is 5.69 Å². The molecule has 104 valence electrons. The summed E-state index contributed by atoms with van der Waals surface area (Å²) in [4.78, 5) is 17.2. The highest BCUT2D eigenvalue weighted by Crippen LogP contribution is 2.22. The number of amides is 1. The molecule has 0 saturated carbocycles. The van der Waals surface area contributed by atoms with Gasteiger partial charge in [-0.15, -0.1) is 0 Å². The number of nitrogens with zero attached hydrogens (tertiary/aromatic N) is 2. The maximum absolute atomic E-state index is 12.5. The molecule has 1 heterocycles. The molecule has 20 heavy (non-hydrogen) atoms. The number of nitrogen functional groups attached to an aromatic ring is 1. The molecule has 1 amide bonds. The average Bonchev–Trinajstić information content (AvgIpc) is 2.89. The van der Waals surface area contributed by atoms with Gasteiger partial charge in [0, 0.05) is 18.5 Å². The highest BCUT2D eigenvalue weighted by atomic mass is 16.2. The van der Waals surface area contributed by atoms with Crippen LogP contribution < -0.4 is 5.73 Å². The third-order valence-electron chi connectivity index (χ3n) is 3.30. The van der Waals surface area contributed by atoms with Crippen molar-refractivity contribution in [2.45, 2.75) is 13.8 Å². The maximum Gasteiger partial charge on any atom is 0.270 e. The van der Waals surface area contributed by atoms with Crippen LogP contribution in [0, 0.1) is 17.2 Å². The molecule has 0 spiro atoms. The number of nitrogens with two attached hydrogens (primary N) is 1. The number of carbonyl (C=O) groups excluding carboxylic acids is 1. The fourth-order valence-corrected chi connectivity index (χ4v) is 2.19. The third kappa shape index (κ3) is 2.59. The van der Waals surface area contributed by atoms with Gasteiger partial charge in [-0.1, -0.05) is 12.1 Å². The zero-order valence-corrected chi connectivity index (χ0v) is 11.7. The molecule has 1 aromatic heterocycles. The zero-order chi connectivity index (χ0) is 14.7. The van der Waals surface area contributed by atoms with Crippen molar-refractivity contribution in [3.63, 3.8) is 0 Å². The van der Waals surface area contributed by atoms with Gasteiger partial charge in [-0.2, -0.15) is 5.26 Å². The summed E-state index contributed by atoms with van der Waals surface area (Å²) in [5.41, 5.74) is 7.78. The fourth-order valence-electron chi connectivity index (χ4n) is 2.19. The van der Waals surface area contributed by atoms with E-state index in [1.54, 1.807) is 24.0 Å². The molecule has 0 aliphatic rings. The van der Waals surface area contributed by atoms with E-state index >= 15 is 0 Å². The van der Waals surface area contributed by atoms with Gasteiger partial charge in [0.15, 0.2) is 0 Å². The molecule has 0 fully saturated rings. The summed E-state index contributed by atoms with van der Waals surface area (Å²) < 4.78 is 0. The summed E-state index contributed by atoms with van der Waals surface area (Å²) in [6.07, 6.45) is 0. The van der Waals surface area contributed by atoms with Crippen LogP contribution in [-0.2, 0) is 0 Å². The van der Waals surface area contributed by atoms with E-state index in [9.17, 15) is 4.79 Å². The van der Waals surface area contributed by atoms with Crippen LogP contribution in [0.25, 0.3) is 10.9 Å². The van der Waals surface area contributed by atoms with Gasteiger partial charge in [-0.05, 0) is 26.0 Å². The number of nitrogens with one attached hydrogen (secondary N) is 1. The number of H-pyrrole nitrogens is 1. The Hall–Kier alpha value is -2.48. The lowest BCUT2D eigenvalue weighted by Crippen LogP contribution is -2.34. The lowest BCUT2D eigenvalue weighted by molar-refractivity contribution is 0.0748. The molecule has 0 saturated heterocycles. The van der Waals surface area contributed by atoms with E-state index in [4.69, 9.17) is 11.0 Å². The number of para-hydroxylation sites is 1. The molecular formula is C15H18N4O. The highest BCUT2D eigenvalue weighted by Gasteiger charge is 2.18. The summed E-state index contributed by atoms with van der Waals surface area (Å²) in [7, 11) is 0. The number of aromatic amines is 1. The Bertz CT molecular complexity index is 668. The molecule has 5 heteroatoms. The number of hydrogen-bond acceptors (Lipinski definition) is 3. The third-order valence-corrected chi connectivity index (χ3v) is 3.30. The Morgan fingerprint density at radius 3 is 2.90 bits per heavy atom. The van der Waals surface area contributed by atoms with E-state index in [0.717, 1.165) is 10.9 Å². The molecule has 1 atom stereocenters. The summed E-state index contributed by atoms with van der Waals surface area (Å²) in [6, 6.07) is 9.51. The van der Waals surface area contributed by atoms with Crippen molar-refractivity contribution in [1.82, 2.24) is 9.88 Å². The van der Waals surface area contributed by atoms with Crippen LogP contribution in [0.15, 0.2) is 24.3 Å². The lowest BCUT2D eigenvalue weighted by atomic mass is 10.2. The van der Waals surface area contributed by atoms with Gasteiger partial charge in [0.05, 0.1) is 23.2 Å². The predicted octanol–water partition coefficient (Wildman–Crippen LogP) is 2.37. The van der Waals surface area contributed by atoms with E-state index in [0.29, 0.717) is 24.5 Å². The zero-order valence-electron chi connectivity index (χ0n) is 11.7. The number of rotatable bonds is 4. The number of carbonyl (C=O) groups is 1. The van der Waals surface area contributed by atoms with Crippen molar-refractivity contribution in [3.05, 3.63) is 30.0 Å². The average molecular weight is 270 g/mol. The first kappa shape index (κ1) is 13.9. The van der Waals surface area contributed by atoms with Crippen molar-refractivity contribution < 1.29 is 4.79 Å². The van der Waals surface area contributed by atoms with Crippen molar-refractivity contribution in [1.29, 1.82) is 5.26 Å². The number of anilines is 1. The monoisotopic (exact) mass is 270 g/mol. The largest absolute Gasteiger partial charge is 0.397 e. The minimum absolute atomic E-state index is 0.106. The Kier molecular flexibility index (Phi) is 3.94. The SMILES string of the molecule is CCN(CC(C)C#N)C(=O)c1cc2cccc(N)c2[nH]1. The molecule has 0 aliphatic carbocycles. The van der Waals surface area contributed by atoms with Crippen LogP contribution in [-0.4, -0.2) is 28.9 Å². The highest BCUT2D eigenvalue weighted by molar-refractivity contribution is 6.00. The molecule has 0 radical (unpaired) electrons. The van der Waals surface area contributed by atoms with E-state index in [2.05, 4.69) is 11.1 Å². The standard InChI is InChI=1S/C15H18N4O/c1-3-19(9-10(2)8-16)15(20)13-7-11-5-4-6-12(17)14(11)18-13/h4-7,10,18H,3,9,17H2,1-2H3. The first-order chi connectivity index (χ1) is 9.56. The van der Waals surface area contributed by atoms with Gasteiger partial charge < -0.3 is 15.6 Å². The lowest BCUT2D eigenvalue weighted by Gasteiger charge is -2.21. The van der Waals surface area contributed by atoms with Gasteiger partial charge in [0.2, 0.25) is 0 Å². The number of aromatic nitrogens is 1. The molecule has 0 bridgehead atoms. The quantitative estimate of drug-likeness (QED) is 0.836. The van der Waals surface area contributed by atoms with Crippen LogP contribution in [0.3, 0.4) is 0 Å². The Balaban J connectivity index is 2.30. The Morgan fingerprint density at radius 2 is 2.30 bits per heavy atom. The van der Waals surface area contributed by atoms with E-state index in [1.165, 1.54) is 0 Å². The molecular weight excluding hydrogens is 252 g/mol. The van der Waals surface area contributed by atoms with Crippen LogP contribution in [0.4, 0.5) is 5.69 Å². The summed E-state index contributed by atoms with van der Waals surface area (Å²) >= 11 is 0. The molecule has 2 aromatic rings. The maximum atomic E-state index is 12.5. The molecule has 1 aromatic carbocycles. The first-order valence-electron chi connectivity index (χ1n) is 6.63. The number of fused-ring (bicyclic) bond motifs is 1.